The van der Waals surface area contributed by atoms with Crippen molar-refractivity contribution in [1.29, 1.82) is 0 Å². The minimum Gasteiger partial charge on any atom is -0.394 e. The van der Waals surface area contributed by atoms with Crippen LogP contribution in [-0.2, 0) is 15.6 Å². The molecule has 0 saturated carbocycles. The second-order valence-corrected chi connectivity index (χ2v) is 3.85. The molecule has 0 fully saturated rings. The normalized spacial score (nSPS) is 17.4. The average molecular weight is 280 g/mol. The zero-order valence-corrected chi connectivity index (χ0v) is 9.38. The van der Waals surface area contributed by atoms with Crippen molar-refractivity contribution in [1.82, 2.24) is 0 Å². The van der Waals surface area contributed by atoms with E-state index in [4.69, 9.17) is 43.4 Å². The van der Waals surface area contributed by atoms with Gasteiger partial charge in [0.25, 0.3) is 0 Å². The first kappa shape index (κ1) is 18.9. The van der Waals surface area contributed by atoms with E-state index in [1.807, 2.05) is 0 Å². The summed E-state index contributed by atoms with van der Waals surface area (Å²) in [6.45, 7) is -1.69. The fourth-order valence-corrected chi connectivity index (χ4v) is 0.602. The van der Waals surface area contributed by atoms with Gasteiger partial charge in [-0.3, -0.25) is 18.5 Å². The van der Waals surface area contributed by atoms with E-state index in [1.54, 1.807) is 0 Å². The van der Waals surface area contributed by atoms with E-state index >= 15 is 0 Å². The SMILES string of the molecule is O=C(CO)C(O)C(O)C(O)CO.O=[SH](O)(O)O. The highest BCUT2D eigenvalue weighted by atomic mass is 32.3. The monoisotopic (exact) mass is 280 g/mol. The lowest BCUT2D eigenvalue weighted by atomic mass is 10.1. The first-order chi connectivity index (χ1) is 7.54. The molecule has 3 atom stereocenters. The summed E-state index contributed by atoms with van der Waals surface area (Å²) < 4.78 is 30.4. The van der Waals surface area contributed by atoms with Crippen LogP contribution in [0.25, 0.3) is 0 Å². The number of Topliss-reactive ketones (excluding diaryl/α,β-unsaturated/α-hetero) is 1. The van der Waals surface area contributed by atoms with E-state index in [9.17, 15) is 4.79 Å². The predicted molar refractivity (Wildman–Crippen MR) is 54.6 cm³/mol. The highest BCUT2D eigenvalue weighted by molar-refractivity contribution is 7.86. The summed E-state index contributed by atoms with van der Waals surface area (Å²) in [6.07, 6.45) is -5.22. The molecule has 0 radical (unpaired) electrons. The van der Waals surface area contributed by atoms with Crippen LogP contribution in [0.5, 0.6) is 0 Å². The highest BCUT2D eigenvalue weighted by Crippen LogP contribution is 2.00. The third-order valence-electron chi connectivity index (χ3n) is 1.39. The van der Waals surface area contributed by atoms with Gasteiger partial charge in [-0.15, -0.1) is 0 Å². The molecular formula is C6H16O10S. The molecule has 0 aliphatic rings. The van der Waals surface area contributed by atoms with E-state index in [-0.39, 0.29) is 0 Å². The maximum Gasteiger partial charge on any atom is 0.189 e. The van der Waals surface area contributed by atoms with Crippen molar-refractivity contribution in [2.45, 2.75) is 18.3 Å². The van der Waals surface area contributed by atoms with Crippen molar-refractivity contribution in [2.24, 2.45) is 0 Å². The Labute approximate surface area is 97.1 Å². The Morgan fingerprint density at radius 2 is 1.41 bits per heavy atom. The minimum absolute atomic E-state index is 0.767. The number of hydrogen-bond acceptors (Lipinski definition) is 7. The van der Waals surface area contributed by atoms with Crippen LogP contribution in [0, 0.1) is 0 Å². The van der Waals surface area contributed by atoms with Crippen LogP contribution < -0.4 is 0 Å². The van der Waals surface area contributed by atoms with Gasteiger partial charge in [0, 0.05) is 0 Å². The molecule has 0 aromatic carbocycles. The summed E-state index contributed by atoms with van der Waals surface area (Å²) in [4.78, 5) is 10.5. The van der Waals surface area contributed by atoms with Gasteiger partial charge in [-0.2, -0.15) is 0 Å². The molecule has 0 amide bonds. The molecule has 17 heavy (non-hydrogen) atoms. The van der Waals surface area contributed by atoms with Crippen LogP contribution in [0.1, 0.15) is 0 Å². The summed E-state index contributed by atoms with van der Waals surface area (Å²) in [5.74, 6) is -1.00. The Kier molecular flexibility index (Phi) is 9.51. The van der Waals surface area contributed by atoms with E-state index in [2.05, 4.69) is 0 Å². The van der Waals surface area contributed by atoms with E-state index in [1.165, 1.54) is 0 Å². The Balaban J connectivity index is 0. The van der Waals surface area contributed by atoms with Gasteiger partial charge < -0.3 is 25.5 Å². The van der Waals surface area contributed by atoms with Gasteiger partial charge >= 0.3 is 0 Å². The summed E-state index contributed by atoms with van der Waals surface area (Å²) in [7, 11) is -4.64. The van der Waals surface area contributed by atoms with E-state index in [0.29, 0.717) is 0 Å². The van der Waals surface area contributed by atoms with Crippen LogP contribution in [0.3, 0.4) is 0 Å². The van der Waals surface area contributed by atoms with Crippen LogP contribution in [-0.4, -0.2) is 80.7 Å². The number of rotatable bonds is 5. The molecule has 0 aromatic rings. The van der Waals surface area contributed by atoms with Crippen LogP contribution in [0.15, 0.2) is 0 Å². The molecule has 0 saturated heterocycles. The molecular weight excluding hydrogens is 264 g/mol. The van der Waals surface area contributed by atoms with Crippen molar-refractivity contribution in [2.75, 3.05) is 13.2 Å². The maximum atomic E-state index is 10.5. The number of ketones is 1. The second-order valence-electron chi connectivity index (χ2n) is 2.82. The molecule has 3 unspecified atom stereocenters. The molecule has 10 nitrogen and oxygen atoms in total. The number of hydrogen-bond donors (Lipinski definition) is 9. The van der Waals surface area contributed by atoms with Gasteiger partial charge in [-0.1, -0.05) is 0 Å². The van der Waals surface area contributed by atoms with Crippen LogP contribution in [0.2, 0.25) is 0 Å². The Hall–Kier alpha value is -0.500. The standard InChI is InChI=1S/C6H12O6.H4O4S/c7-1-3(9)5(11)6(12)4(10)2-8;1-5(2,3)4/h3,5-9,11-12H,1-2H2;5H,(H3,1,2,3,4). The number of carbonyl (C=O) groups is 1. The van der Waals surface area contributed by atoms with Crippen LogP contribution >= 0.6 is 0 Å². The van der Waals surface area contributed by atoms with E-state index < -0.39 is 48.1 Å². The predicted octanol–water partition coefficient (Wildman–Crippen LogP) is -3.96. The van der Waals surface area contributed by atoms with Gasteiger partial charge in [0.15, 0.2) is 16.6 Å². The molecule has 8 N–H and O–H groups in total. The van der Waals surface area contributed by atoms with Gasteiger partial charge in [0.1, 0.15) is 24.9 Å². The van der Waals surface area contributed by atoms with Crippen molar-refractivity contribution in [3.05, 3.63) is 0 Å². The Morgan fingerprint density at radius 1 is 1.06 bits per heavy atom. The first-order valence-electron chi connectivity index (χ1n) is 4.11. The number of aliphatic hydroxyl groups is 5. The summed E-state index contributed by atoms with van der Waals surface area (Å²) in [5.41, 5.74) is 0. The molecule has 0 bridgehead atoms. The lowest BCUT2D eigenvalue weighted by Crippen LogP contribution is -2.44. The third kappa shape index (κ3) is 11.8. The smallest absolute Gasteiger partial charge is 0.189 e. The van der Waals surface area contributed by atoms with Crippen molar-refractivity contribution in [3.8, 4) is 0 Å². The average Bonchev–Trinajstić information content (AvgIpc) is 2.22. The molecule has 0 aliphatic heterocycles. The van der Waals surface area contributed by atoms with Crippen molar-refractivity contribution >= 4 is 16.6 Å². The third-order valence-corrected chi connectivity index (χ3v) is 1.39. The second kappa shape index (κ2) is 8.57. The van der Waals surface area contributed by atoms with Crippen LogP contribution in [0.4, 0.5) is 0 Å². The lowest BCUT2D eigenvalue weighted by molar-refractivity contribution is -0.142. The Morgan fingerprint density at radius 3 is 1.65 bits per heavy atom. The molecule has 106 valence electrons. The fraction of sp³-hybridized carbons (Fsp3) is 0.833. The number of thiol groups is 1. The lowest BCUT2D eigenvalue weighted by Gasteiger charge is -2.19. The largest absolute Gasteiger partial charge is 0.394 e. The summed E-state index contributed by atoms with van der Waals surface area (Å²) in [6, 6.07) is 0. The summed E-state index contributed by atoms with van der Waals surface area (Å²) >= 11 is 0. The maximum absolute atomic E-state index is 10.5. The van der Waals surface area contributed by atoms with Gasteiger partial charge in [-0.25, -0.2) is 4.21 Å². The first-order valence-corrected chi connectivity index (χ1v) is 5.68. The van der Waals surface area contributed by atoms with Gasteiger partial charge in [-0.05, 0) is 0 Å². The Bertz CT molecular complexity index is 253. The fourth-order valence-electron chi connectivity index (χ4n) is 0.602. The van der Waals surface area contributed by atoms with Crippen molar-refractivity contribution in [3.63, 3.8) is 0 Å². The molecule has 0 spiro atoms. The number of carbonyl (C=O) groups excluding carboxylic acids is 1. The molecule has 0 aliphatic carbocycles. The topological polar surface area (TPSA) is 196 Å². The number of aliphatic hydroxyl groups excluding tert-OH is 5. The zero-order chi connectivity index (χ0) is 14.2. The van der Waals surface area contributed by atoms with Gasteiger partial charge in [0.05, 0.1) is 6.61 Å². The molecule has 0 rings (SSSR count). The van der Waals surface area contributed by atoms with Crippen molar-refractivity contribution < 1.29 is 48.2 Å². The molecule has 11 heteroatoms. The molecule has 0 aromatic heterocycles. The zero-order valence-electron chi connectivity index (χ0n) is 8.49. The highest BCUT2D eigenvalue weighted by Gasteiger charge is 2.28. The quantitative estimate of drug-likeness (QED) is 0.224. The molecule has 0 heterocycles. The van der Waals surface area contributed by atoms with Gasteiger partial charge in [0.2, 0.25) is 0 Å². The summed E-state index contributed by atoms with van der Waals surface area (Å²) in [5, 5.41) is 43.1. The van der Waals surface area contributed by atoms with E-state index in [0.717, 1.165) is 0 Å². The minimum atomic E-state index is -4.64.